The molecule has 6 heteroatoms. The Bertz CT molecular complexity index is 733. The molecule has 28 heavy (non-hydrogen) atoms. The van der Waals surface area contributed by atoms with Gasteiger partial charge in [-0.05, 0) is 49.0 Å². The van der Waals surface area contributed by atoms with E-state index in [0.29, 0.717) is 22.7 Å². The van der Waals surface area contributed by atoms with Crippen molar-refractivity contribution in [1.82, 2.24) is 10.2 Å². The van der Waals surface area contributed by atoms with Crippen LogP contribution in [0, 0.1) is 5.92 Å². The van der Waals surface area contributed by atoms with Crippen LogP contribution in [0.25, 0.3) is 6.08 Å². The molecule has 1 N–H and O–H groups in total. The average molecular weight is 421 g/mol. The zero-order valence-electron chi connectivity index (χ0n) is 16.6. The summed E-state index contributed by atoms with van der Waals surface area (Å²) in [7, 11) is 0. The van der Waals surface area contributed by atoms with E-state index in [1.54, 1.807) is 11.8 Å². The number of hydrogen-bond acceptors (Lipinski definition) is 3. The number of benzene rings is 1. The Hall–Kier alpha value is -1.46. The fourth-order valence-electron chi connectivity index (χ4n) is 3.78. The van der Waals surface area contributed by atoms with Crippen LogP contribution < -0.4 is 5.32 Å². The zero-order valence-corrected chi connectivity index (χ0v) is 18.2. The average Bonchev–Trinajstić information content (AvgIpc) is 2.66. The molecule has 0 radical (unpaired) electrons. The third-order valence-corrected chi connectivity index (χ3v) is 6.99. The topological polar surface area (TPSA) is 49.4 Å². The summed E-state index contributed by atoms with van der Waals surface area (Å²) >= 11 is 7.65. The van der Waals surface area contributed by atoms with Gasteiger partial charge in [-0.2, -0.15) is 0 Å². The Morgan fingerprint density at radius 1 is 1.29 bits per heavy atom. The van der Waals surface area contributed by atoms with E-state index in [0.717, 1.165) is 36.2 Å². The summed E-state index contributed by atoms with van der Waals surface area (Å²) in [5.74, 6) is 0.461. The van der Waals surface area contributed by atoms with Crippen molar-refractivity contribution >= 4 is 41.3 Å². The number of amides is 2. The lowest BCUT2D eigenvalue weighted by atomic mass is 9.93. The second kappa shape index (κ2) is 9.84. The number of fused-ring (bicyclic) bond motifs is 1. The molecule has 1 aromatic rings. The summed E-state index contributed by atoms with van der Waals surface area (Å²) < 4.78 is 0. The first kappa shape index (κ1) is 21.3. The van der Waals surface area contributed by atoms with Crippen molar-refractivity contribution in [2.75, 3.05) is 13.1 Å². The SMILES string of the molecule is CC(C)CCNC(=O)CN1C(=O)/C(=C/c2ccc(Cl)cc2)SC2CCCCC21. The van der Waals surface area contributed by atoms with Crippen molar-refractivity contribution in [1.29, 1.82) is 0 Å². The monoisotopic (exact) mass is 420 g/mol. The van der Waals surface area contributed by atoms with Gasteiger partial charge in [-0.1, -0.05) is 50.4 Å². The Balaban J connectivity index is 1.75. The summed E-state index contributed by atoms with van der Waals surface area (Å²) in [6.45, 7) is 5.08. The molecule has 2 unspecified atom stereocenters. The highest BCUT2D eigenvalue weighted by atomic mass is 35.5. The van der Waals surface area contributed by atoms with Crippen molar-refractivity contribution in [2.24, 2.45) is 5.92 Å². The Labute approximate surface area is 177 Å². The smallest absolute Gasteiger partial charge is 0.261 e. The number of thioether (sulfide) groups is 1. The van der Waals surface area contributed by atoms with Gasteiger partial charge in [0.05, 0.1) is 4.91 Å². The van der Waals surface area contributed by atoms with Gasteiger partial charge in [0.1, 0.15) is 6.54 Å². The molecule has 4 nitrogen and oxygen atoms in total. The van der Waals surface area contributed by atoms with Gasteiger partial charge in [0.2, 0.25) is 5.91 Å². The third-order valence-electron chi connectivity index (χ3n) is 5.34. The van der Waals surface area contributed by atoms with Gasteiger partial charge in [0.15, 0.2) is 0 Å². The van der Waals surface area contributed by atoms with Crippen LogP contribution in [0.4, 0.5) is 0 Å². The van der Waals surface area contributed by atoms with E-state index >= 15 is 0 Å². The standard InChI is InChI=1S/C22H29ClN2O2S/c1-15(2)11-12-24-21(26)14-25-18-5-3-4-6-19(18)28-20(22(25)27)13-16-7-9-17(23)10-8-16/h7-10,13,15,18-19H,3-6,11-12,14H2,1-2H3,(H,24,26)/b20-13-. The molecule has 1 aliphatic carbocycles. The van der Waals surface area contributed by atoms with E-state index in [1.165, 1.54) is 6.42 Å². The molecular formula is C22H29ClN2O2S. The lowest BCUT2D eigenvalue weighted by Crippen LogP contribution is -2.54. The van der Waals surface area contributed by atoms with E-state index in [1.807, 2.05) is 35.2 Å². The first-order valence-electron chi connectivity index (χ1n) is 10.2. The first-order valence-corrected chi connectivity index (χ1v) is 11.4. The molecule has 2 atom stereocenters. The lowest BCUT2D eigenvalue weighted by Gasteiger charge is -2.43. The molecule has 1 aromatic carbocycles. The highest BCUT2D eigenvalue weighted by molar-refractivity contribution is 8.04. The molecule has 2 amide bonds. The van der Waals surface area contributed by atoms with Crippen LogP contribution in [0.1, 0.15) is 51.5 Å². The van der Waals surface area contributed by atoms with E-state index < -0.39 is 0 Å². The summed E-state index contributed by atoms with van der Waals surface area (Å²) in [6.07, 6.45) is 7.26. The van der Waals surface area contributed by atoms with Gasteiger partial charge in [-0.3, -0.25) is 9.59 Å². The minimum Gasteiger partial charge on any atom is -0.355 e. The molecular weight excluding hydrogens is 392 g/mol. The van der Waals surface area contributed by atoms with Gasteiger partial charge in [0.25, 0.3) is 5.91 Å². The highest BCUT2D eigenvalue weighted by Gasteiger charge is 2.41. The Morgan fingerprint density at radius 3 is 2.71 bits per heavy atom. The maximum Gasteiger partial charge on any atom is 0.261 e. The molecule has 2 fully saturated rings. The van der Waals surface area contributed by atoms with Gasteiger partial charge in [0, 0.05) is 22.9 Å². The maximum atomic E-state index is 13.2. The summed E-state index contributed by atoms with van der Waals surface area (Å²) in [4.78, 5) is 28.2. The van der Waals surface area contributed by atoms with Crippen LogP contribution in [-0.2, 0) is 9.59 Å². The van der Waals surface area contributed by atoms with E-state index in [2.05, 4.69) is 19.2 Å². The quantitative estimate of drug-likeness (QED) is 0.677. The van der Waals surface area contributed by atoms with Crippen LogP contribution >= 0.6 is 23.4 Å². The van der Waals surface area contributed by atoms with Crippen molar-refractivity contribution in [3.8, 4) is 0 Å². The van der Waals surface area contributed by atoms with Gasteiger partial charge < -0.3 is 10.2 Å². The minimum atomic E-state index is -0.0592. The number of carbonyl (C=O) groups is 2. The molecule has 1 saturated carbocycles. The second-order valence-corrected chi connectivity index (χ2v) is 9.75. The lowest BCUT2D eigenvalue weighted by molar-refractivity contribution is -0.135. The molecule has 1 aliphatic heterocycles. The van der Waals surface area contributed by atoms with Gasteiger partial charge in [-0.15, -0.1) is 11.8 Å². The summed E-state index contributed by atoms with van der Waals surface area (Å²) in [5.41, 5.74) is 0.954. The van der Waals surface area contributed by atoms with Crippen LogP contribution in [0.15, 0.2) is 29.2 Å². The molecule has 152 valence electrons. The van der Waals surface area contributed by atoms with Crippen molar-refractivity contribution < 1.29 is 9.59 Å². The first-order chi connectivity index (χ1) is 13.4. The molecule has 0 spiro atoms. The van der Waals surface area contributed by atoms with E-state index in [4.69, 9.17) is 11.6 Å². The van der Waals surface area contributed by atoms with Gasteiger partial charge >= 0.3 is 0 Å². The summed E-state index contributed by atoms with van der Waals surface area (Å²) in [5, 5.41) is 4.02. The molecule has 0 bridgehead atoms. The largest absolute Gasteiger partial charge is 0.355 e. The van der Waals surface area contributed by atoms with E-state index in [9.17, 15) is 9.59 Å². The van der Waals surface area contributed by atoms with Crippen LogP contribution in [0.2, 0.25) is 5.02 Å². The van der Waals surface area contributed by atoms with Crippen molar-refractivity contribution in [3.63, 3.8) is 0 Å². The number of rotatable bonds is 6. The normalized spacial score (nSPS) is 23.8. The predicted molar refractivity (Wildman–Crippen MR) is 117 cm³/mol. The molecule has 0 aromatic heterocycles. The van der Waals surface area contributed by atoms with Crippen LogP contribution in [0.5, 0.6) is 0 Å². The van der Waals surface area contributed by atoms with Crippen LogP contribution in [-0.4, -0.2) is 41.1 Å². The fraction of sp³-hybridized carbons (Fsp3) is 0.545. The fourth-order valence-corrected chi connectivity index (χ4v) is 5.38. The maximum absolute atomic E-state index is 13.2. The van der Waals surface area contributed by atoms with Crippen LogP contribution in [0.3, 0.4) is 0 Å². The molecule has 1 saturated heterocycles. The Morgan fingerprint density at radius 2 is 2.00 bits per heavy atom. The second-order valence-electron chi connectivity index (χ2n) is 8.03. The predicted octanol–water partition coefficient (Wildman–Crippen LogP) is 4.73. The highest BCUT2D eigenvalue weighted by Crippen LogP contribution is 2.42. The van der Waals surface area contributed by atoms with E-state index in [-0.39, 0.29) is 24.4 Å². The zero-order chi connectivity index (χ0) is 20.1. The summed E-state index contributed by atoms with van der Waals surface area (Å²) in [6, 6.07) is 7.65. The number of carbonyl (C=O) groups excluding carboxylic acids is 2. The molecule has 2 aliphatic rings. The third kappa shape index (κ3) is 5.54. The number of halogens is 1. The molecule has 1 heterocycles. The number of nitrogens with zero attached hydrogens (tertiary/aromatic N) is 1. The number of nitrogens with one attached hydrogen (secondary N) is 1. The van der Waals surface area contributed by atoms with Crippen molar-refractivity contribution in [2.45, 2.75) is 57.2 Å². The van der Waals surface area contributed by atoms with Crippen molar-refractivity contribution in [3.05, 3.63) is 39.8 Å². The molecule has 3 rings (SSSR count). The number of hydrogen-bond donors (Lipinski definition) is 1. The minimum absolute atomic E-state index is 0.0258. The van der Waals surface area contributed by atoms with Gasteiger partial charge in [-0.25, -0.2) is 0 Å². The Kier molecular flexibility index (Phi) is 7.47.